The van der Waals surface area contributed by atoms with Crippen LogP contribution < -0.4 is 4.74 Å². The number of alkyl halides is 2. The van der Waals surface area contributed by atoms with Crippen LogP contribution in [0.5, 0.6) is 5.75 Å². The molecule has 0 saturated carbocycles. The molecule has 1 heterocycles. The number of nitrogens with zero attached hydrogens (tertiary/aromatic N) is 2. The zero-order valence-corrected chi connectivity index (χ0v) is 9.25. The molecule has 0 fully saturated rings. The Morgan fingerprint density at radius 2 is 2.29 bits per heavy atom. The first kappa shape index (κ1) is 11.1. The Balaban J connectivity index is 3.46. The number of halogens is 3. The van der Waals surface area contributed by atoms with Crippen LogP contribution in [0.2, 0.25) is 0 Å². The molecule has 0 bridgehead atoms. The largest absolute Gasteiger partial charge is 0.493 e. The summed E-state index contributed by atoms with van der Waals surface area (Å²) in [6.45, 7) is 0. The summed E-state index contributed by atoms with van der Waals surface area (Å²) in [6.07, 6.45) is -1.62. The third kappa shape index (κ3) is 1.92. The summed E-state index contributed by atoms with van der Waals surface area (Å²) in [5, 5.41) is 8.60. The number of aromatic nitrogens is 1. The van der Waals surface area contributed by atoms with Crippen LogP contribution in [0.25, 0.3) is 0 Å². The van der Waals surface area contributed by atoms with E-state index in [1.165, 1.54) is 7.11 Å². The van der Waals surface area contributed by atoms with E-state index in [-0.39, 0.29) is 11.3 Å². The van der Waals surface area contributed by atoms with Gasteiger partial charge in [0, 0.05) is 6.20 Å². The number of hydrogen-bond donors (Lipinski definition) is 0. The summed E-state index contributed by atoms with van der Waals surface area (Å²) < 4.78 is 30.3. The van der Waals surface area contributed by atoms with Crippen molar-refractivity contribution in [2.45, 2.75) is 6.43 Å². The maximum atomic E-state index is 12.6. The van der Waals surface area contributed by atoms with Crippen molar-refractivity contribution in [3.63, 3.8) is 0 Å². The van der Waals surface area contributed by atoms with Crippen LogP contribution in [-0.4, -0.2) is 12.1 Å². The maximum absolute atomic E-state index is 12.6. The second-order valence-electron chi connectivity index (χ2n) is 2.32. The van der Waals surface area contributed by atoms with Gasteiger partial charge in [-0.25, -0.2) is 13.8 Å². The minimum atomic E-state index is -2.74. The van der Waals surface area contributed by atoms with Crippen LogP contribution in [-0.2, 0) is 0 Å². The minimum Gasteiger partial charge on any atom is -0.493 e. The van der Waals surface area contributed by atoms with E-state index >= 15 is 0 Å². The van der Waals surface area contributed by atoms with Gasteiger partial charge in [-0.15, -0.1) is 0 Å². The average molecular weight is 310 g/mol. The Bertz CT molecular complexity index is 390. The lowest BCUT2D eigenvalue weighted by atomic mass is 10.1. The van der Waals surface area contributed by atoms with Crippen LogP contribution in [0.15, 0.2) is 6.20 Å². The van der Waals surface area contributed by atoms with Crippen LogP contribution in [0.4, 0.5) is 8.78 Å². The number of methoxy groups -OCH3 is 1. The van der Waals surface area contributed by atoms with E-state index in [1.54, 1.807) is 28.7 Å². The molecular weight excluding hydrogens is 305 g/mol. The fourth-order valence-electron chi connectivity index (χ4n) is 0.983. The van der Waals surface area contributed by atoms with Gasteiger partial charge in [0.2, 0.25) is 0 Å². The monoisotopic (exact) mass is 310 g/mol. The Labute approximate surface area is 92.8 Å². The van der Waals surface area contributed by atoms with E-state index in [0.29, 0.717) is 3.70 Å². The SMILES string of the molecule is COc1c(I)ncc(C#N)c1C(F)F. The van der Waals surface area contributed by atoms with Gasteiger partial charge in [0.05, 0.1) is 18.2 Å². The summed E-state index contributed by atoms with van der Waals surface area (Å²) in [5.74, 6) is -0.0281. The average Bonchev–Trinajstić information content (AvgIpc) is 2.17. The molecule has 74 valence electrons. The molecule has 6 heteroatoms. The van der Waals surface area contributed by atoms with E-state index in [2.05, 4.69) is 4.98 Å². The van der Waals surface area contributed by atoms with E-state index in [9.17, 15) is 8.78 Å². The van der Waals surface area contributed by atoms with Gasteiger partial charge in [-0.2, -0.15) is 5.26 Å². The zero-order chi connectivity index (χ0) is 10.7. The molecule has 1 aromatic rings. The molecule has 0 atom stereocenters. The summed E-state index contributed by atoms with van der Waals surface area (Å²) in [5.41, 5.74) is -0.549. The van der Waals surface area contributed by atoms with Gasteiger partial charge in [-0.05, 0) is 22.6 Å². The maximum Gasteiger partial charge on any atom is 0.268 e. The highest BCUT2D eigenvalue weighted by molar-refractivity contribution is 14.1. The zero-order valence-electron chi connectivity index (χ0n) is 7.09. The summed E-state index contributed by atoms with van der Waals surface area (Å²) in [7, 11) is 1.27. The number of ether oxygens (including phenoxy) is 1. The van der Waals surface area contributed by atoms with Crippen molar-refractivity contribution >= 4 is 22.6 Å². The number of rotatable bonds is 2. The predicted molar refractivity (Wildman–Crippen MR) is 53.2 cm³/mol. The number of hydrogen-bond acceptors (Lipinski definition) is 3. The third-order valence-corrected chi connectivity index (χ3v) is 2.34. The molecule has 0 aliphatic carbocycles. The highest BCUT2D eigenvalue weighted by atomic mass is 127. The minimum absolute atomic E-state index is 0.0281. The lowest BCUT2D eigenvalue weighted by Gasteiger charge is -2.09. The van der Waals surface area contributed by atoms with Crippen LogP contribution in [0, 0.1) is 15.0 Å². The Morgan fingerprint density at radius 3 is 2.71 bits per heavy atom. The van der Waals surface area contributed by atoms with E-state index < -0.39 is 12.0 Å². The van der Waals surface area contributed by atoms with Gasteiger partial charge in [0.15, 0.2) is 5.75 Å². The Kier molecular flexibility index (Phi) is 3.57. The fraction of sp³-hybridized carbons (Fsp3) is 0.250. The topological polar surface area (TPSA) is 45.9 Å². The van der Waals surface area contributed by atoms with Gasteiger partial charge < -0.3 is 4.74 Å². The molecule has 0 aliphatic heterocycles. The molecule has 0 aliphatic rings. The molecule has 3 nitrogen and oxygen atoms in total. The first-order valence-corrected chi connectivity index (χ1v) is 4.60. The highest BCUT2D eigenvalue weighted by Crippen LogP contribution is 2.34. The van der Waals surface area contributed by atoms with Crippen LogP contribution in [0.3, 0.4) is 0 Å². The molecule has 0 saturated heterocycles. The second-order valence-corrected chi connectivity index (χ2v) is 3.34. The van der Waals surface area contributed by atoms with Crippen LogP contribution in [0.1, 0.15) is 17.6 Å². The molecule has 14 heavy (non-hydrogen) atoms. The quantitative estimate of drug-likeness (QED) is 0.623. The fourth-order valence-corrected chi connectivity index (χ4v) is 1.63. The van der Waals surface area contributed by atoms with Crippen molar-refractivity contribution in [3.8, 4) is 11.8 Å². The molecule has 0 amide bonds. The summed E-state index contributed by atoms with van der Waals surface area (Å²) in [4.78, 5) is 3.77. The molecule has 0 aromatic carbocycles. The van der Waals surface area contributed by atoms with E-state index in [1.807, 2.05) is 0 Å². The smallest absolute Gasteiger partial charge is 0.268 e. The highest BCUT2D eigenvalue weighted by Gasteiger charge is 2.21. The first-order valence-electron chi connectivity index (χ1n) is 3.52. The lowest BCUT2D eigenvalue weighted by Crippen LogP contribution is -2.00. The second kappa shape index (κ2) is 4.50. The van der Waals surface area contributed by atoms with Crippen molar-refractivity contribution in [1.82, 2.24) is 4.98 Å². The first-order chi connectivity index (χ1) is 6.61. The molecule has 1 rings (SSSR count). The number of nitriles is 1. The molecule has 0 N–H and O–H groups in total. The van der Waals surface area contributed by atoms with E-state index in [4.69, 9.17) is 10.00 Å². The van der Waals surface area contributed by atoms with Crippen LogP contribution >= 0.6 is 22.6 Å². The molecule has 1 aromatic heterocycles. The predicted octanol–water partition coefficient (Wildman–Crippen LogP) is 2.50. The summed E-state index contributed by atoms with van der Waals surface area (Å²) >= 11 is 1.77. The molecule has 0 spiro atoms. The van der Waals surface area contributed by atoms with Gasteiger partial charge >= 0.3 is 0 Å². The Hall–Kier alpha value is -0.970. The van der Waals surface area contributed by atoms with Gasteiger partial charge in [-0.1, -0.05) is 0 Å². The van der Waals surface area contributed by atoms with Crippen molar-refractivity contribution in [2.75, 3.05) is 7.11 Å². The lowest BCUT2D eigenvalue weighted by molar-refractivity contribution is 0.146. The van der Waals surface area contributed by atoms with Gasteiger partial charge in [0.1, 0.15) is 9.77 Å². The normalized spacial score (nSPS) is 10.0. The van der Waals surface area contributed by atoms with Crippen molar-refractivity contribution in [3.05, 3.63) is 21.0 Å². The van der Waals surface area contributed by atoms with Crippen molar-refractivity contribution in [1.29, 1.82) is 5.26 Å². The standard InChI is InChI=1S/C8H5F2IN2O/c1-14-6-5(7(9)10)4(2-12)3-13-8(6)11/h3,7H,1H3. The van der Waals surface area contributed by atoms with E-state index in [0.717, 1.165) is 6.20 Å². The van der Waals surface area contributed by atoms with Crippen molar-refractivity contribution in [2.24, 2.45) is 0 Å². The number of pyridine rings is 1. The van der Waals surface area contributed by atoms with Crippen molar-refractivity contribution < 1.29 is 13.5 Å². The third-order valence-electron chi connectivity index (χ3n) is 1.57. The summed E-state index contributed by atoms with van der Waals surface area (Å²) in [6, 6.07) is 1.65. The molecule has 0 unspecified atom stereocenters. The molecule has 0 radical (unpaired) electrons. The van der Waals surface area contributed by atoms with Gasteiger partial charge in [-0.3, -0.25) is 0 Å². The Morgan fingerprint density at radius 1 is 1.64 bits per heavy atom. The van der Waals surface area contributed by atoms with Gasteiger partial charge in [0.25, 0.3) is 6.43 Å². The molecular formula is C8H5F2IN2O.